The van der Waals surface area contributed by atoms with E-state index in [0.717, 1.165) is 43.5 Å². The van der Waals surface area contributed by atoms with Gasteiger partial charge >= 0.3 is 0 Å². The Morgan fingerprint density at radius 3 is 2.39 bits per heavy atom. The highest BCUT2D eigenvalue weighted by Crippen LogP contribution is 2.21. The van der Waals surface area contributed by atoms with Gasteiger partial charge in [-0.3, -0.25) is 15.0 Å². The Balaban J connectivity index is 2.38. The van der Waals surface area contributed by atoms with Gasteiger partial charge in [-0.1, -0.05) is 0 Å². The standard InChI is InChI=1S/C12H17N3O3/c1-10-8-11(15(17)18)9-12(14(10)16)13-6-4-2-3-5-7-13/h8-9H,2-7H2,1H3. The highest BCUT2D eigenvalue weighted by Gasteiger charge is 2.23. The number of nitrogens with zero attached hydrogens (tertiary/aromatic N) is 3. The fourth-order valence-electron chi connectivity index (χ4n) is 2.31. The maximum atomic E-state index is 12.0. The Labute approximate surface area is 106 Å². The lowest BCUT2D eigenvalue weighted by Gasteiger charge is -2.20. The van der Waals surface area contributed by atoms with Gasteiger partial charge < -0.3 is 5.21 Å². The molecule has 1 fully saturated rings. The molecule has 0 bridgehead atoms. The van der Waals surface area contributed by atoms with Crippen molar-refractivity contribution in [3.05, 3.63) is 33.1 Å². The first-order valence-electron chi connectivity index (χ1n) is 6.23. The van der Waals surface area contributed by atoms with E-state index < -0.39 is 4.92 Å². The lowest BCUT2D eigenvalue weighted by atomic mass is 10.2. The quantitative estimate of drug-likeness (QED) is 0.348. The van der Waals surface area contributed by atoms with Crippen molar-refractivity contribution < 1.29 is 9.65 Å². The first kappa shape index (κ1) is 12.6. The molecule has 0 N–H and O–H groups in total. The molecule has 98 valence electrons. The fourth-order valence-corrected chi connectivity index (χ4v) is 2.31. The van der Waals surface area contributed by atoms with Crippen LogP contribution in [0, 0.1) is 22.2 Å². The maximum absolute atomic E-state index is 12.0. The van der Waals surface area contributed by atoms with Crippen LogP contribution >= 0.6 is 0 Å². The Morgan fingerprint density at radius 2 is 1.83 bits per heavy atom. The molecule has 1 saturated heterocycles. The minimum Gasteiger partial charge on any atom is -0.710 e. The smallest absolute Gasteiger partial charge is 0.286 e. The van der Waals surface area contributed by atoms with Crippen LogP contribution in [0.3, 0.4) is 0 Å². The van der Waals surface area contributed by atoms with Crippen molar-refractivity contribution >= 4 is 11.5 Å². The molecule has 6 heteroatoms. The second-order valence-corrected chi connectivity index (χ2v) is 4.67. The maximum Gasteiger partial charge on any atom is 0.286 e. The Morgan fingerprint density at radius 1 is 1.22 bits per heavy atom. The SMILES string of the molecule is Cc1cc([N+](=O)[O-])cc(N2CCCCCC2)[n+]1[O-]. The summed E-state index contributed by atoms with van der Waals surface area (Å²) >= 11 is 0. The number of nitro groups is 1. The van der Waals surface area contributed by atoms with E-state index in [2.05, 4.69) is 0 Å². The number of rotatable bonds is 2. The van der Waals surface area contributed by atoms with Gasteiger partial charge in [0, 0.05) is 0 Å². The summed E-state index contributed by atoms with van der Waals surface area (Å²) in [6.45, 7) is 3.19. The third-order valence-corrected chi connectivity index (χ3v) is 3.30. The summed E-state index contributed by atoms with van der Waals surface area (Å²) in [5.74, 6) is 0.406. The number of hydrogen-bond donors (Lipinski definition) is 0. The second kappa shape index (κ2) is 5.20. The van der Waals surface area contributed by atoms with Gasteiger partial charge in [0.25, 0.3) is 11.5 Å². The minimum absolute atomic E-state index is 0.0150. The summed E-state index contributed by atoms with van der Waals surface area (Å²) < 4.78 is 0.790. The van der Waals surface area contributed by atoms with Crippen molar-refractivity contribution in [2.24, 2.45) is 0 Å². The normalized spacial score (nSPS) is 16.4. The molecule has 0 radical (unpaired) electrons. The van der Waals surface area contributed by atoms with Crippen LogP contribution in [0.2, 0.25) is 0 Å². The van der Waals surface area contributed by atoms with E-state index >= 15 is 0 Å². The molecule has 0 aromatic carbocycles. The van der Waals surface area contributed by atoms with Crippen LogP contribution in [-0.4, -0.2) is 18.0 Å². The van der Waals surface area contributed by atoms with Gasteiger partial charge in [0.1, 0.15) is 11.8 Å². The van der Waals surface area contributed by atoms with Crippen LogP contribution < -0.4 is 9.63 Å². The highest BCUT2D eigenvalue weighted by atomic mass is 16.6. The van der Waals surface area contributed by atoms with E-state index in [1.54, 1.807) is 6.92 Å². The third-order valence-electron chi connectivity index (χ3n) is 3.30. The number of aryl methyl sites for hydroxylation is 1. The van der Waals surface area contributed by atoms with Crippen LogP contribution in [-0.2, 0) is 0 Å². The topological polar surface area (TPSA) is 73.3 Å². The van der Waals surface area contributed by atoms with Crippen molar-refractivity contribution in [3.8, 4) is 0 Å². The first-order chi connectivity index (χ1) is 8.59. The van der Waals surface area contributed by atoms with Gasteiger partial charge in [-0.15, -0.1) is 0 Å². The Kier molecular flexibility index (Phi) is 3.64. The number of anilines is 1. The molecule has 0 spiro atoms. The average molecular weight is 251 g/mol. The summed E-state index contributed by atoms with van der Waals surface area (Å²) in [6.07, 6.45) is 4.37. The molecule has 1 aliphatic heterocycles. The lowest BCUT2D eigenvalue weighted by Crippen LogP contribution is -2.40. The summed E-state index contributed by atoms with van der Waals surface area (Å²) in [5.41, 5.74) is 0.349. The Bertz CT molecular complexity index is 454. The largest absolute Gasteiger partial charge is 0.710 e. The molecule has 0 aliphatic carbocycles. The van der Waals surface area contributed by atoms with Crippen LogP contribution in [0.25, 0.3) is 0 Å². The van der Waals surface area contributed by atoms with Crippen LogP contribution in [0.5, 0.6) is 0 Å². The van der Waals surface area contributed by atoms with Gasteiger partial charge in [-0.25, -0.2) is 4.73 Å². The van der Waals surface area contributed by atoms with Crippen LogP contribution in [0.1, 0.15) is 31.4 Å². The molecular formula is C12H17N3O3. The van der Waals surface area contributed by atoms with Crippen molar-refractivity contribution in [2.45, 2.75) is 32.6 Å². The van der Waals surface area contributed by atoms with E-state index in [-0.39, 0.29) is 5.69 Å². The summed E-state index contributed by atoms with van der Waals surface area (Å²) in [6, 6.07) is 2.69. The van der Waals surface area contributed by atoms with E-state index in [9.17, 15) is 15.3 Å². The average Bonchev–Trinajstić information content (AvgIpc) is 2.61. The number of pyridine rings is 1. The van der Waals surface area contributed by atoms with Crippen molar-refractivity contribution in [3.63, 3.8) is 0 Å². The van der Waals surface area contributed by atoms with E-state index in [0.29, 0.717) is 11.5 Å². The van der Waals surface area contributed by atoms with E-state index in [1.165, 1.54) is 12.1 Å². The highest BCUT2D eigenvalue weighted by molar-refractivity contribution is 5.44. The Hall–Kier alpha value is -1.85. The predicted octanol–water partition coefficient (Wildman–Crippen LogP) is 1.92. The van der Waals surface area contributed by atoms with E-state index in [4.69, 9.17) is 0 Å². The van der Waals surface area contributed by atoms with Gasteiger partial charge in [0.2, 0.25) is 0 Å². The second-order valence-electron chi connectivity index (χ2n) is 4.67. The summed E-state index contributed by atoms with van der Waals surface area (Å²) in [4.78, 5) is 12.4. The molecule has 2 heterocycles. The minimum atomic E-state index is -0.450. The van der Waals surface area contributed by atoms with Crippen molar-refractivity contribution in [1.29, 1.82) is 0 Å². The van der Waals surface area contributed by atoms with E-state index in [1.807, 2.05) is 4.90 Å². The predicted molar refractivity (Wildman–Crippen MR) is 67.5 cm³/mol. The molecule has 0 unspecified atom stereocenters. The van der Waals surface area contributed by atoms with Crippen LogP contribution in [0.15, 0.2) is 12.1 Å². The molecule has 2 rings (SSSR count). The molecule has 0 saturated carbocycles. The van der Waals surface area contributed by atoms with Gasteiger partial charge in [-0.05, 0) is 32.6 Å². The molecule has 1 aromatic rings. The molecular weight excluding hydrogens is 234 g/mol. The molecule has 18 heavy (non-hydrogen) atoms. The summed E-state index contributed by atoms with van der Waals surface area (Å²) in [5, 5.41) is 22.9. The van der Waals surface area contributed by atoms with Crippen molar-refractivity contribution in [2.75, 3.05) is 18.0 Å². The molecule has 0 amide bonds. The molecule has 1 aliphatic rings. The fraction of sp³-hybridized carbons (Fsp3) is 0.583. The molecule has 1 aromatic heterocycles. The molecule has 6 nitrogen and oxygen atoms in total. The molecule has 0 atom stereocenters. The van der Waals surface area contributed by atoms with Crippen molar-refractivity contribution in [1.82, 2.24) is 0 Å². The first-order valence-corrected chi connectivity index (χ1v) is 6.23. The number of aromatic nitrogens is 1. The lowest BCUT2D eigenvalue weighted by molar-refractivity contribution is -0.600. The zero-order valence-corrected chi connectivity index (χ0v) is 10.5. The zero-order valence-electron chi connectivity index (χ0n) is 10.5. The van der Waals surface area contributed by atoms with Crippen LogP contribution in [0.4, 0.5) is 11.5 Å². The third kappa shape index (κ3) is 2.52. The zero-order chi connectivity index (χ0) is 13.1. The monoisotopic (exact) mass is 251 g/mol. The van der Waals surface area contributed by atoms with Gasteiger partial charge in [0.05, 0.1) is 24.1 Å². The summed E-state index contributed by atoms with van der Waals surface area (Å²) in [7, 11) is 0. The van der Waals surface area contributed by atoms with Gasteiger partial charge in [0.15, 0.2) is 0 Å². The van der Waals surface area contributed by atoms with Gasteiger partial charge in [-0.2, -0.15) is 0 Å². The number of hydrogen-bond acceptors (Lipinski definition) is 4.